The number of carbonyl (C=O) groups is 1. The van der Waals surface area contributed by atoms with Crippen molar-refractivity contribution in [3.05, 3.63) is 71.8 Å². The SMILES string of the molecule is O=C(OCc1ccccc1)N1C(CO)CCC1c1ccccc1. The third kappa shape index (κ3) is 3.54. The predicted molar refractivity (Wildman–Crippen MR) is 87.8 cm³/mol. The van der Waals surface area contributed by atoms with Crippen molar-refractivity contribution in [2.24, 2.45) is 0 Å². The number of carbonyl (C=O) groups excluding carboxylic acids is 1. The zero-order valence-electron chi connectivity index (χ0n) is 13.0. The molecule has 4 nitrogen and oxygen atoms in total. The van der Waals surface area contributed by atoms with Crippen molar-refractivity contribution >= 4 is 6.09 Å². The standard InChI is InChI=1S/C19H21NO3/c21-13-17-11-12-18(16-9-5-2-6-10-16)20(17)19(22)23-14-15-7-3-1-4-8-15/h1-10,17-18,21H,11-14H2. The molecule has 4 heteroatoms. The summed E-state index contributed by atoms with van der Waals surface area (Å²) in [5, 5.41) is 9.59. The molecule has 2 aromatic rings. The first-order chi connectivity index (χ1) is 11.3. The summed E-state index contributed by atoms with van der Waals surface area (Å²) in [6.07, 6.45) is 1.27. The smallest absolute Gasteiger partial charge is 0.410 e. The molecule has 0 aromatic heterocycles. The molecule has 23 heavy (non-hydrogen) atoms. The Morgan fingerprint density at radius 3 is 2.35 bits per heavy atom. The molecule has 0 saturated carbocycles. The number of nitrogens with zero attached hydrogens (tertiary/aromatic N) is 1. The van der Waals surface area contributed by atoms with Gasteiger partial charge in [-0.2, -0.15) is 0 Å². The summed E-state index contributed by atoms with van der Waals surface area (Å²) in [6.45, 7) is 0.208. The van der Waals surface area contributed by atoms with Gasteiger partial charge in [0.25, 0.3) is 0 Å². The monoisotopic (exact) mass is 311 g/mol. The molecule has 2 aromatic carbocycles. The Morgan fingerprint density at radius 1 is 1.04 bits per heavy atom. The van der Waals surface area contributed by atoms with E-state index in [2.05, 4.69) is 0 Å². The summed E-state index contributed by atoms with van der Waals surface area (Å²) in [7, 11) is 0. The van der Waals surface area contributed by atoms with Gasteiger partial charge in [-0.05, 0) is 24.0 Å². The maximum Gasteiger partial charge on any atom is 0.410 e. The average molecular weight is 311 g/mol. The maximum absolute atomic E-state index is 12.6. The van der Waals surface area contributed by atoms with E-state index in [1.54, 1.807) is 4.90 Å². The lowest BCUT2D eigenvalue weighted by Crippen LogP contribution is -2.39. The maximum atomic E-state index is 12.6. The molecule has 0 spiro atoms. The van der Waals surface area contributed by atoms with Gasteiger partial charge in [0.05, 0.1) is 18.7 Å². The third-order valence-corrected chi connectivity index (χ3v) is 4.31. The molecule has 1 amide bonds. The molecule has 1 heterocycles. The highest BCUT2D eigenvalue weighted by Crippen LogP contribution is 2.36. The minimum atomic E-state index is -0.362. The van der Waals surface area contributed by atoms with Gasteiger partial charge in [0.15, 0.2) is 0 Å². The van der Waals surface area contributed by atoms with Crippen molar-refractivity contribution in [1.29, 1.82) is 0 Å². The summed E-state index contributed by atoms with van der Waals surface area (Å²) >= 11 is 0. The Bertz CT molecular complexity index is 630. The average Bonchev–Trinajstić information content (AvgIpc) is 3.05. The van der Waals surface area contributed by atoms with E-state index in [9.17, 15) is 9.90 Å². The summed E-state index contributed by atoms with van der Waals surface area (Å²) in [6, 6.07) is 19.3. The largest absolute Gasteiger partial charge is 0.445 e. The minimum absolute atomic E-state index is 0.0309. The van der Waals surface area contributed by atoms with Crippen molar-refractivity contribution in [3.63, 3.8) is 0 Å². The minimum Gasteiger partial charge on any atom is -0.445 e. The molecule has 1 aliphatic rings. The van der Waals surface area contributed by atoms with Crippen molar-refractivity contribution in [2.75, 3.05) is 6.61 Å². The van der Waals surface area contributed by atoms with Crippen molar-refractivity contribution in [2.45, 2.75) is 31.5 Å². The number of likely N-dealkylation sites (tertiary alicyclic amines) is 1. The number of amides is 1. The van der Waals surface area contributed by atoms with E-state index < -0.39 is 0 Å². The van der Waals surface area contributed by atoms with Crippen LogP contribution < -0.4 is 0 Å². The van der Waals surface area contributed by atoms with Crippen LogP contribution in [0.5, 0.6) is 0 Å². The van der Waals surface area contributed by atoms with Gasteiger partial charge in [0.2, 0.25) is 0 Å². The van der Waals surface area contributed by atoms with Crippen LogP contribution >= 0.6 is 0 Å². The van der Waals surface area contributed by atoms with Gasteiger partial charge in [-0.3, -0.25) is 4.90 Å². The lowest BCUT2D eigenvalue weighted by molar-refractivity contribution is 0.0648. The summed E-state index contributed by atoms with van der Waals surface area (Å²) in [5.74, 6) is 0. The highest BCUT2D eigenvalue weighted by molar-refractivity contribution is 5.69. The Hall–Kier alpha value is -2.33. The number of aliphatic hydroxyl groups is 1. The third-order valence-electron chi connectivity index (χ3n) is 4.31. The van der Waals surface area contributed by atoms with Crippen LogP contribution in [0.4, 0.5) is 4.79 Å². The van der Waals surface area contributed by atoms with E-state index in [1.165, 1.54) is 0 Å². The van der Waals surface area contributed by atoms with Crippen LogP contribution in [0.1, 0.15) is 30.0 Å². The molecule has 2 unspecified atom stereocenters. The van der Waals surface area contributed by atoms with E-state index >= 15 is 0 Å². The first kappa shape index (κ1) is 15.6. The molecular weight excluding hydrogens is 290 g/mol. The lowest BCUT2D eigenvalue weighted by atomic mass is 10.1. The van der Waals surface area contributed by atoms with E-state index in [-0.39, 0.29) is 31.4 Å². The Kier molecular flexibility index (Phi) is 4.93. The van der Waals surface area contributed by atoms with E-state index in [0.717, 1.165) is 24.0 Å². The molecule has 1 saturated heterocycles. The number of hydrogen-bond donors (Lipinski definition) is 1. The Balaban J connectivity index is 1.72. The molecule has 3 rings (SSSR count). The van der Waals surface area contributed by atoms with Crippen LogP contribution in [0.25, 0.3) is 0 Å². The van der Waals surface area contributed by atoms with Crippen LogP contribution in [0.3, 0.4) is 0 Å². The number of hydrogen-bond acceptors (Lipinski definition) is 3. The molecule has 0 bridgehead atoms. The fraction of sp³-hybridized carbons (Fsp3) is 0.316. The molecule has 2 atom stereocenters. The first-order valence-corrected chi connectivity index (χ1v) is 7.94. The van der Waals surface area contributed by atoms with Gasteiger partial charge in [-0.15, -0.1) is 0 Å². The second-order valence-electron chi connectivity index (χ2n) is 5.79. The summed E-state index contributed by atoms with van der Waals surface area (Å²) in [4.78, 5) is 14.3. The molecule has 1 aliphatic heterocycles. The van der Waals surface area contributed by atoms with E-state index in [0.29, 0.717) is 0 Å². The Labute approximate surface area is 136 Å². The number of ether oxygens (including phenoxy) is 1. The molecule has 0 radical (unpaired) electrons. The number of rotatable bonds is 4. The first-order valence-electron chi connectivity index (χ1n) is 7.94. The van der Waals surface area contributed by atoms with E-state index in [1.807, 2.05) is 60.7 Å². The highest BCUT2D eigenvalue weighted by atomic mass is 16.6. The van der Waals surface area contributed by atoms with Gasteiger partial charge >= 0.3 is 6.09 Å². The highest BCUT2D eigenvalue weighted by Gasteiger charge is 2.38. The molecule has 120 valence electrons. The van der Waals surface area contributed by atoms with Crippen LogP contribution in [-0.4, -0.2) is 28.7 Å². The van der Waals surface area contributed by atoms with Crippen molar-refractivity contribution < 1.29 is 14.6 Å². The zero-order valence-corrected chi connectivity index (χ0v) is 13.0. The second-order valence-corrected chi connectivity index (χ2v) is 5.79. The van der Waals surface area contributed by atoms with Gasteiger partial charge in [0, 0.05) is 0 Å². The summed E-state index contributed by atoms with van der Waals surface area (Å²) in [5.41, 5.74) is 2.04. The molecule has 1 N–H and O–H groups in total. The molecule has 1 fully saturated rings. The van der Waals surface area contributed by atoms with Crippen molar-refractivity contribution in [3.8, 4) is 0 Å². The van der Waals surface area contributed by atoms with Gasteiger partial charge in [-0.1, -0.05) is 60.7 Å². The van der Waals surface area contributed by atoms with Crippen molar-refractivity contribution in [1.82, 2.24) is 4.90 Å². The quantitative estimate of drug-likeness (QED) is 0.940. The summed E-state index contributed by atoms with van der Waals surface area (Å²) < 4.78 is 5.47. The van der Waals surface area contributed by atoms with Gasteiger partial charge in [0.1, 0.15) is 6.61 Å². The van der Waals surface area contributed by atoms with Crippen LogP contribution in [0.15, 0.2) is 60.7 Å². The zero-order chi connectivity index (χ0) is 16.1. The predicted octanol–water partition coefficient (Wildman–Crippen LogP) is 3.52. The number of benzene rings is 2. The van der Waals surface area contributed by atoms with Crippen LogP contribution in [-0.2, 0) is 11.3 Å². The van der Waals surface area contributed by atoms with Gasteiger partial charge in [-0.25, -0.2) is 4.79 Å². The second kappa shape index (κ2) is 7.29. The van der Waals surface area contributed by atoms with Crippen LogP contribution in [0.2, 0.25) is 0 Å². The fourth-order valence-electron chi connectivity index (χ4n) is 3.13. The van der Waals surface area contributed by atoms with Crippen LogP contribution in [0, 0.1) is 0 Å². The Morgan fingerprint density at radius 2 is 1.70 bits per heavy atom. The normalized spacial score (nSPS) is 20.5. The topological polar surface area (TPSA) is 49.8 Å². The van der Waals surface area contributed by atoms with Gasteiger partial charge < -0.3 is 9.84 Å². The fourth-order valence-corrected chi connectivity index (χ4v) is 3.13. The number of aliphatic hydroxyl groups excluding tert-OH is 1. The molecule has 0 aliphatic carbocycles. The van der Waals surface area contributed by atoms with E-state index in [4.69, 9.17) is 4.74 Å². The lowest BCUT2D eigenvalue weighted by Gasteiger charge is -2.29. The molecular formula is C19H21NO3.